The van der Waals surface area contributed by atoms with Gasteiger partial charge in [0.25, 0.3) is 27.5 Å². The zero-order chi connectivity index (χ0) is 53.4. The van der Waals surface area contributed by atoms with Gasteiger partial charge >= 0.3 is 0 Å². The summed E-state index contributed by atoms with van der Waals surface area (Å²) in [4.78, 5) is 45.0. The zero-order valence-corrected chi connectivity index (χ0v) is 44.8. The number of nitro groups is 1. The maximum atomic E-state index is 14.1. The number of carbonyl (C=O) groups excluding carboxylic acids is 1. The van der Waals surface area contributed by atoms with Gasteiger partial charge in [-0.1, -0.05) is 38.1 Å². The van der Waals surface area contributed by atoms with Gasteiger partial charge in [-0.2, -0.15) is 0 Å². The van der Waals surface area contributed by atoms with E-state index in [1.807, 2.05) is 31.3 Å². The number of aromatic nitrogens is 3. The highest BCUT2D eigenvalue weighted by molar-refractivity contribution is 7.90. The second-order valence-electron chi connectivity index (χ2n) is 21.9. The molecule has 1 unspecified atom stereocenters. The number of sulfonamides is 1. The number of piperidine rings is 1. The number of hydrogen-bond acceptors (Lipinski definition) is 15. The first-order valence-corrected chi connectivity index (χ1v) is 27.9. The van der Waals surface area contributed by atoms with Gasteiger partial charge in [0, 0.05) is 93.5 Å². The molecular weight excluding hydrogens is 987 g/mol. The molecule has 2 saturated carbocycles. The Labute approximate surface area is 444 Å². The van der Waals surface area contributed by atoms with Crippen molar-refractivity contribution in [1.29, 1.82) is 0 Å². The van der Waals surface area contributed by atoms with Crippen LogP contribution in [0.4, 0.5) is 17.1 Å². The quantitative estimate of drug-likeness (QED) is 0.0494. The highest BCUT2D eigenvalue weighted by atomic mass is 32.2. The van der Waals surface area contributed by atoms with Crippen LogP contribution in [0.1, 0.15) is 111 Å². The van der Waals surface area contributed by atoms with Crippen LogP contribution in [0.2, 0.25) is 0 Å². The van der Waals surface area contributed by atoms with E-state index < -0.39 is 37.0 Å². The van der Waals surface area contributed by atoms with Crippen LogP contribution >= 0.6 is 0 Å². The predicted octanol–water partition coefficient (Wildman–Crippen LogP) is 9.58. The summed E-state index contributed by atoms with van der Waals surface area (Å²) in [6, 6.07) is 24.0. The molecule has 1 spiro atoms. The molecule has 1 amide bonds. The number of nitrogens with zero attached hydrogens (tertiary/aromatic N) is 6. The molecule has 4 aliphatic rings. The second kappa shape index (κ2) is 21.7. The molecule has 19 heteroatoms. The number of aromatic amines is 1. The van der Waals surface area contributed by atoms with Crippen LogP contribution in [0, 0.1) is 21.4 Å². The molecule has 76 heavy (non-hydrogen) atoms. The fourth-order valence-corrected chi connectivity index (χ4v) is 13.0. The van der Waals surface area contributed by atoms with Crippen molar-refractivity contribution in [3.63, 3.8) is 0 Å². The van der Waals surface area contributed by atoms with Gasteiger partial charge in [0.2, 0.25) is 0 Å². The molecule has 402 valence electrons. The molecule has 2 aliphatic carbocycles. The van der Waals surface area contributed by atoms with E-state index in [1.54, 1.807) is 38.6 Å². The number of nitrogens with one attached hydrogen (secondary N) is 3. The molecular formula is C57H69N9O9S. The molecule has 4 fully saturated rings. The molecule has 0 bridgehead atoms. The Bertz CT molecular complexity index is 3190. The standard InChI is InChI=1S/C57H69N9O9S/c1-37(2)45-8-6-7-9-46(45)50-36-63(35-39-26-52(73-4)55(74-5)61-33-39)24-25-65(50)42-30-57(31-42)19-22-64(23-20-57)41-10-12-47(51(28-41)75-43-27-40-16-21-58-53(40)60-34-43)54(67)62-76(71,72)44-11-13-48(49(29-44)66(69)70)59-32-38-14-17-56(3,68)18-15-38/h6-13,16,21,26-29,33-34,37-38,42,50,59,68H,14-15,17-20,22-25,30-32,35-36H2,1-5H3,(H,58,60)(H,62,67). The van der Waals surface area contributed by atoms with E-state index in [4.69, 9.17) is 14.2 Å². The number of hydrogen-bond donors (Lipinski definition) is 4. The minimum Gasteiger partial charge on any atom is -0.491 e. The SMILES string of the molecule is COc1cc(CN2CCN(C3CC4(CCN(c5ccc(C(=O)NS(=O)(=O)c6ccc(NCC7CCC(C)(O)CC7)c([N+](=O)[O-])c6)c(Oc6cnc7[nH]ccc7c6)c5)CC4)C3)C(c3ccccc3C(C)C)C2)cnc1OC. The molecule has 18 nitrogen and oxygen atoms in total. The minimum atomic E-state index is -4.60. The number of carbonyl (C=O) groups is 1. The number of ether oxygens (including phenoxy) is 3. The van der Waals surface area contributed by atoms with Gasteiger partial charge in [-0.3, -0.25) is 24.7 Å². The van der Waals surface area contributed by atoms with Crippen molar-refractivity contribution in [1.82, 2.24) is 29.5 Å². The summed E-state index contributed by atoms with van der Waals surface area (Å²) in [7, 11) is -1.36. The lowest BCUT2D eigenvalue weighted by atomic mass is 9.59. The molecule has 2 aliphatic heterocycles. The van der Waals surface area contributed by atoms with Crippen molar-refractivity contribution in [2.24, 2.45) is 11.3 Å². The number of methoxy groups -OCH3 is 2. The number of rotatable bonds is 17. The number of pyridine rings is 2. The fourth-order valence-electron chi connectivity index (χ4n) is 12.0. The summed E-state index contributed by atoms with van der Waals surface area (Å²) in [6.07, 6.45) is 12.2. The summed E-state index contributed by atoms with van der Waals surface area (Å²) in [5, 5.41) is 26.5. The summed E-state index contributed by atoms with van der Waals surface area (Å²) < 4.78 is 47.3. The second-order valence-corrected chi connectivity index (χ2v) is 23.6. The van der Waals surface area contributed by atoms with Gasteiger partial charge in [-0.05, 0) is 135 Å². The number of aliphatic hydroxyl groups is 1. The average molecular weight is 1060 g/mol. The molecule has 6 aromatic rings. The third-order valence-electron chi connectivity index (χ3n) is 16.5. The normalized spacial score (nSPS) is 21.3. The van der Waals surface area contributed by atoms with E-state index in [0.717, 1.165) is 100 Å². The van der Waals surface area contributed by atoms with E-state index in [2.05, 4.69) is 77.8 Å². The molecule has 3 aromatic carbocycles. The third kappa shape index (κ3) is 11.3. The maximum absolute atomic E-state index is 14.1. The maximum Gasteiger partial charge on any atom is 0.293 e. The number of nitro benzene ring substituents is 1. The number of anilines is 2. The van der Waals surface area contributed by atoms with Crippen LogP contribution in [-0.2, 0) is 16.6 Å². The van der Waals surface area contributed by atoms with Gasteiger partial charge in [-0.15, -0.1) is 0 Å². The van der Waals surface area contributed by atoms with Gasteiger partial charge in [0.15, 0.2) is 5.75 Å². The summed E-state index contributed by atoms with van der Waals surface area (Å²) >= 11 is 0. The van der Waals surface area contributed by atoms with Crippen LogP contribution in [-0.4, -0.2) is 114 Å². The Kier molecular flexibility index (Phi) is 15.0. The molecule has 2 saturated heterocycles. The number of amides is 1. The van der Waals surface area contributed by atoms with E-state index in [0.29, 0.717) is 54.4 Å². The van der Waals surface area contributed by atoms with E-state index in [1.165, 1.54) is 29.5 Å². The summed E-state index contributed by atoms with van der Waals surface area (Å²) in [5.41, 5.74) is 4.54. The van der Waals surface area contributed by atoms with Crippen molar-refractivity contribution in [2.45, 2.75) is 107 Å². The first-order valence-electron chi connectivity index (χ1n) is 26.4. The lowest BCUT2D eigenvalue weighted by Crippen LogP contribution is -2.60. The molecule has 1 atom stereocenters. The largest absolute Gasteiger partial charge is 0.491 e. The van der Waals surface area contributed by atoms with Crippen molar-refractivity contribution >= 4 is 44.0 Å². The van der Waals surface area contributed by atoms with Crippen molar-refractivity contribution in [3.8, 4) is 23.1 Å². The zero-order valence-electron chi connectivity index (χ0n) is 44.0. The van der Waals surface area contributed by atoms with Crippen LogP contribution < -0.4 is 29.1 Å². The van der Waals surface area contributed by atoms with Gasteiger partial charge in [-0.25, -0.2) is 23.1 Å². The number of benzene rings is 3. The summed E-state index contributed by atoms with van der Waals surface area (Å²) in [6.45, 7) is 11.9. The highest BCUT2D eigenvalue weighted by Gasteiger charge is 2.50. The smallest absolute Gasteiger partial charge is 0.293 e. The average Bonchev–Trinajstić information content (AvgIpc) is 3.88. The highest BCUT2D eigenvalue weighted by Crippen LogP contribution is 2.53. The lowest BCUT2D eigenvalue weighted by Gasteiger charge is -2.58. The number of fused-ring (bicyclic) bond motifs is 1. The van der Waals surface area contributed by atoms with Crippen LogP contribution in [0.3, 0.4) is 0 Å². The first kappa shape index (κ1) is 52.6. The molecule has 10 rings (SSSR count). The Morgan fingerprint density at radius 3 is 2.43 bits per heavy atom. The van der Waals surface area contributed by atoms with Crippen LogP contribution in [0.15, 0.2) is 102 Å². The predicted molar refractivity (Wildman–Crippen MR) is 291 cm³/mol. The van der Waals surface area contributed by atoms with E-state index in [-0.39, 0.29) is 34.4 Å². The van der Waals surface area contributed by atoms with Crippen LogP contribution in [0.5, 0.6) is 23.1 Å². The fraction of sp³-hybridized carbons (Fsp3) is 0.456. The van der Waals surface area contributed by atoms with Crippen molar-refractivity contribution in [3.05, 3.63) is 130 Å². The molecule has 0 radical (unpaired) electrons. The van der Waals surface area contributed by atoms with Gasteiger partial charge < -0.3 is 34.5 Å². The van der Waals surface area contributed by atoms with E-state index >= 15 is 0 Å². The number of piperazine rings is 1. The number of H-pyrrole nitrogens is 1. The summed E-state index contributed by atoms with van der Waals surface area (Å²) in [5.74, 6) is 1.22. The van der Waals surface area contributed by atoms with Crippen LogP contribution in [0.25, 0.3) is 11.0 Å². The lowest BCUT2D eigenvalue weighted by molar-refractivity contribution is -0.384. The molecule has 5 heterocycles. The Hall–Kier alpha value is -6.80. The first-order chi connectivity index (χ1) is 36.5. The minimum absolute atomic E-state index is 0.0369. The third-order valence-corrected chi connectivity index (χ3v) is 17.8. The van der Waals surface area contributed by atoms with Gasteiger partial charge in [0.1, 0.15) is 22.8 Å². The monoisotopic (exact) mass is 1060 g/mol. The van der Waals surface area contributed by atoms with Crippen molar-refractivity contribution in [2.75, 3.05) is 63.7 Å². The topological polar surface area (TPSA) is 218 Å². The Balaban J connectivity index is 0.831. The molecule has 3 aromatic heterocycles. The van der Waals surface area contributed by atoms with E-state index in [9.17, 15) is 28.4 Å². The van der Waals surface area contributed by atoms with Crippen molar-refractivity contribution < 1.29 is 37.5 Å². The Morgan fingerprint density at radius 2 is 1.70 bits per heavy atom. The Morgan fingerprint density at radius 1 is 0.921 bits per heavy atom. The van der Waals surface area contributed by atoms with Gasteiger partial charge in [0.05, 0.1) is 41.4 Å². The molecule has 4 N–H and O–H groups in total.